The van der Waals surface area contributed by atoms with Crippen LogP contribution in [0.2, 0.25) is 0 Å². The van der Waals surface area contributed by atoms with E-state index in [-0.39, 0.29) is 0 Å². The summed E-state index contributed by atoms with van der Waals surface area (Å²) in [5, 5.41) is 11.2. The number of nitrogens with one attached hydrogen (secondary N) is 1. The predicted octanol–water partition coefficient (Wildman–Crippen LogP) is 0.211. The van der Waals surface area contributed by atoms with Crippen LogP contribution >= 0.6 is 0 Å². The maximum atomic E-state index is 10.1. The van der Waals surface area contributed by atoms with Crippen LogP contribution in [0.25, 0.3) is 0 Å². The standard InChI is InChI=1S/C7H13NO3/c1-6(5-7(9)10)8-3-4-11-2/h5,8H,3-4H2,1-2H3,(H,9,10)/b6-5-. The number of allylic oxidation sites excluding steroid dienone is 1. The van der Waals surface area contributed by atoms with Crippen molar-refractivity contribution in [3.8, 4) is 0 Å². The smallest absolute Gasteiger partial charge is 0.330 e. The summed E-state index contributed by atoms with van der Waals surface area (Å²) in [5.74, 6) is -0.938. The van der Waals surface area contributed by atoms with E-state index in [1.54, 1.807) is 14.0 Å². The summed E-state index contributed by atoms with van der Waals surface area (Å²) in [5.41, 5.74) is 0.634. The highest BCUT2D eigenvalue weighted by molar-refractivity contribution is 5.80. The molecule has 0 aromatic heterocycles. The van der Waals surface area contributed by atoms with Crippen LogP contribution in [0.1, 0.15) is 6.92 Å². The van der Waals surface area contributed by atoms with E-state index in [4.69, 9.17) is 9.84 Å². The van der Waals surface area contributed by atoms with Crippen molar-refractivity contribution in [2.75, 3.05) is 20.3 Å². The molecule has 0 radical (unpaired) electrons. The van der Waals surface area contributed by atoms with Gasteiger partial charge in [-0.2, -0.15) is 0 Å². The van der Waals surface area contributed by atoms with Crippen molar-refractivity contribution < 1.29 is 14.6 Å². The lowest BCUT2D eigenvalue weighted by Crippen LogP contribution is -2.17. The van der Waals surface area contributed by atoms with E-state index < -0.39 is 5.97 Å². The Labute approximate surface area is 65.9 Å². The van der Waals surface area contributed by atoms with Gasteiger partial charge >= 0.3 is 5.97 Å². The molecule has 0 rings (SSSR count). The molecule has 0 heterocycles. The topological polar surface area (TPSA) is 58.6 Å². The molecule has 0 aromatic rings. The maximum Gasteiger partial charge on any atom is 0.330 e. The fraction of sp³-hybridized carbons (Fsp3) is 0.571. The summed E-state index contributed by atoms with van der Waals surface area (Å²) in [6.45, 7) is 2.90. The van der Waals surface area contributed by atoms with Crippen LogP contribution in [-0.2, 0) is 9.53 Å². The molecule has 0 aromatic carbocycles. The number of rotatable bonds is 5. The van der Waals surface area contributed by atoms with Crippen molar-refractivity contribution in [3.05, 3.63) is 11.8 Å². The van der Waals surface area contributed by atoms with Gasteiger partial charge in [-0.15, -0.1) is 0 Å². The Morgan fingerprint density at radius 1 is 1.73 bits per heavy atom. The van der Waals surface area contributed by atoms with Gasteiger partial charge in [-0.1, -0.05) is 0 Å². The molecule has 0 aliphatic rings. The molecule has 11 heavy (non-hydrogen) atoms. The second-order valence-corrected chi connectivity index (χ2v) is 2.09. The monoisotopic (exact) mass is 159 g/mol. The van der Waals surface area contributed by atoms with Crippen LogP contribution in [0.4, 0.5) is 0 Å². The van der Waals surface area contributed by atoms with Crippen LogP contribution in [0.5, 0.6) is 0 Å². The van der Waals surface area contributed by atoms with Crippen LogP contribution in [0.15, 0.2) is 11.8 Å². The number of carboxylic acid groups (broad SMARTS) is 1. The van der Waals surface area contributed by atoms with Gasteiger partial charge in [0.25, 0.3) is 0 Å². The molecule has 0 saturated heterocycles. The number of methoxy groups -OCH3 is 1. The highest BCUT2D eigenvalue weighted by atomic mass is 16.5. The molecule has 4 nitrogen and oxygen atoms in total. The average Bonchev–Trinajstić information content (AvgIpc) is 1.86. The highest BCUT2D eigenvalue weighted by Gasteiger charge is 1.91. The Bertz CT molecular complexity index is 154. The zero-order valence-electron chi connectivity index (χ0n) is 6.76. The fourth-order valence-electron chi connectivity index (χ4n) is 0.587. The minimum absolute atomic E-state index is 0.574. The van der Waals surface area contributed by atoms with E-state index in [9.17, 15) is 4.79 Å². The number of ether oxygens (including phenoxy) is 1. The molecule has 64 valence electrons. The Kier molecular flexibility index (Phi) is 5.20. The van der Waals surface area contributed by atoms with Crippen LogP contribution in [-0.4, -0.2) is 31.3 Å². The molecular formula is C7H13NO3. The minimum Gasteiger partial charge on any atom is -0.478 e. The van der Waals surface area contributed by atoms with Gasteiger partial charge < -0.3 is 15.2 Å². The van der Waals surface area contributed by atoms with E-state index in [0.717, 1.165) is 6.08 Å². The van der Waals surface area contributed by atoms with Crippen molar-refractivity contribution in [1.82, 2.24) is 5.32 Å². The first-order valence-corrected chi connectivity index (χ1v) is 3.31. The molecule has 0 unspecified atom stereocenters. The quantitative estimate of drug-likeness (QED) is 0.444. The maximum absolute atomic E-state index is 10.1. The van der Waals surface area contributed by atoms with Gasteiger partial charge in [0.1, 0.15) is 0 Å². The number of hydrogen-bond donors (Lipinski definition) is 2. The third kappa shape index (κ3) is 6.86. The van der Waals surface area contributed by atoms with Gasteiger partial charge in [-0.3, -0.25) is 0 Å². The predicted molar refractivity (Wildman–Crippen MR) is 41.3 cm³/mol. The summed E-state index contributed by atoms with van der Waals surface area (Å²) >= 11 is 0. The van der Waals surface area contributed by atoms with Crippen molar-refractivity contribution >= 4 is 5.97 Å². The summed E-state index contributed by atoms with van der Waals surface area (Å²) in [6.07, 6.45) is 1.12. The molecule has 0 bridgehead atoms. The summed E-state index contributed by atoms with van der Waals surface area (Å²) in [4.78, 5) is 10.1. The molecule has 2 N–H and O–H groups in total. The molecule has 0 aliphatic heterocycles. The van der Waals surface area contributed by atoms with Crippen LogP contribution < -0.4 is 5.32 Å². The molecule has 0 aliphatic carbocycles. The number of hydrogen-bond acceptors (Lipinski definition) is 3. The molecule has 0 saturated carbocycles. The Morgan fingerprint density at radius 2 is 2.36 bits per heavy atom. The van der Waals surface area contributed by atoms with Gasteiger partial charge in [-0.05, 0) is 6.92 Å². The first kappa shape index (κ1) is 9.97. The lowest BCUT2D eigenvalue weighted by molar-refractivity contribution is -0.131. The zero-order chi connectivity index (χ0) is 8.69. The Hall–Kier alpha value is -1.03. The Morgan fingerprint density at radius 3 is 2.82 bits per heavy atom. The second-order valence-electron chi connectivity index (χ2n) is 2.09. The molecule has 0 amide bonds. The molecule has 0 fully saturated rings. The molecule has 0 atom stereocenters. The van der Waals surface area contributed by atoms with Crippen molar-refractivity contribution in [3.63, 3.8) is 0 Å². The lowest BCUT2D eigenvalue weighted by Gasteiger charge is -2.03. The van der Waals surface area contributed by atoms with Crippen molar-refractivity contribution in [2.45, 2.75) is 6.92 Å². The first-order chi connectivity index (χ1) is 5.16. The first-order valence-electron chi connectivity index (χ1n) is 3.31. The van der Waals surface area contributed by atoms with Gasteiger partial charge in [0.05, 0.1) is 6.61 Å². The normalized spacial score (nSPS) is 11.3. The third-order valence-electron chi connectivity index (χ3n) is 1.05. The molecular weight excluding hydrogens is 146 g/mol. The lowest BCUT2D eigenvalue weighted by atomic mass is 10.4. The SMILES string of the molecule is COCCN/C(C)=C\C(=O)O. The molecule has 4 heteroatoms. The van der Waals surface area contributed by atoms with E-state index in [1.165, 1.54) is 0 Å². The van der Waals surface area contributed by atoms with Crippen molar-refractivity contribution in [1.29, 1.82) is 0 Å². The number of aliphatic carboxylic acids is 1. The summed E-state index contributed by atoms with van der Waals surface area (Å²) in [6, 6.07) is 0. The van der Waals surface area contributed by atoms with E-state index in [0.29, 0.717) is 18.8 Å². The third-order valence-corrected chi connectivity index (χ3v) is 1.05. The van der Waals surface area contributed by atoms with Gasteiger partial charge in [0, 0.05) is 25.4 Å². The van der Waals surface area contributed by atoms with Crippen LogP contribution in [0.3, 0.4) is 0 Å². The summed E-state index contributed by atoms with van der Waals surface area (Å²) in [7, 11) is 1.60. The number of carboxylic acids is 1. The fourth-order valence-corrected chi connectivity index (χ4v) is 0.587. The largest absolute Gasteiger partial charge is 0.478 e. The van der Waals surface area contributed by atoms with Gasteiger partial charge in [-0.25, -0.2) is 4.79 Å². The minimum atomic E-state index is -0.938. The average molecular weight is 159 g/mol. The highest BCUT2D eigenvalue weighted by Crippen LogP contribution is 1.84. The van der Waals surface area contributed by atoms with Gasteiger partial charge in [0.2, 0.25) is 0 Å². The van der Waals surface area contributed by atoms with E-state index >= 15 is 0 Å². The second kappa shape index (κ2) is 5.73. The number of carbonyl (C=O) groups is 1. The zero-order valence-corrected chi connectivity index (χ0v) is 6.76. The van der Waals surface area contributed by atoms with Crippen LogP contribution in [0, 0.1) is 0 Å². The van der Waals surface area contributed by atoms with E-state index in [2.05, 4.69) is 5.32 Å². The van der Waals surface area contributed by atoms with E-state index in [1.807, 2.05) is 0 Å². The van der Waals surface area contributed by atoms with Gasteiger partial charge in [0.15, 0.2) is 0 Å². The molecule has 0 spiro atoms. The summed E-state index contributed by atoms with van der Waals surface area (Å²) < 4.78 is 4.76. The Balaban J connectivity index is 3.51. The van der Waals surface area contributed by atoms with Crippen molar-refractivity contribution in [2.24, 2.45) is 0 Å².